The average molecular weight is 267 g/mol. The molecule has 0 heterocycles. The van der Waals surface area contributed by atoms with E-state index < -0.39 is 0 Å². The van der Waals surface area contributed by atoms with E-state index in [2.05, 4.69) is 32.9 Å². The van der Waals surface area contributed by atoms with Crippen LogP contribution >= 0.6 is 0 Å². The lowest BCUT2D eigenvalue weighted by Crippen LogP contribution is -2.00. The zero-order chi connectivity index (χ0) is 14.2. The van der Waals surface area contributed by atoms with Gasteiger partial charge in [0.1, 0.15) is 0 Å². The third-order valence-corrected chi connectivity index (χ3v) is 4.04. The van der Waals surface area contributed by atoms with Gasteiger partial charge in [0.25, 0.3) is 0 Å². The largest absolute Gasteiger partial charge is 0.0885 e. The topological polar surface area (TPSA) is 0 Å². The number of hydrogen-bond acceptors (Lipinski definition) is 0. The fourth-order valence-electron chi connectivity index (χ4n) is 2.80. The maximum Gasteiger partial charge on any atom is -0.0351 e. The van der Waals surface area contributed by atoms with Gasteiger partial charge in [-0.05, 0) is 31.6 Å². The van der Waals surface area contributed by atoms with Gasteiger partial charge in [0.2, 0.25) is 0 Å². The zero-order valence-electron chi connectivity index (χ0n) is 13.9. The van der Waals surface area contributed by atoms with Crippen LogP contribution in [0.2, 0.25) is 0 Å². The second-order valence-corrected chi connectivity index (χ2v) is 6.05. The number of rotatable bonds is 14. The summed E-state index contributed by atoms with van der Waals surface area (Å²) in [6.07, 6.45) is 22.9. The summed E-state index contributed by atoms with van der Waals surface area (Å²) in [6, 6.07) is 0. The fourth-order valence-corrected chi connectivity index (χ4v) is 2.80. The molecule has 0 aliphatic rings. The minimum absolute atomic E-state index is 1.00. The summed E-state index contributed by atoms with van der Waals surface area (Å²) in [6.45, 7) is 6.91. The standard InChI is InChI=1S/C19H38/c1-4-7-9-10-11-12-13-15-18-19(16-6-3)17-14-8-5-2/h11-12,19H,4-10,13-18H2,1-3H3. The van der Waals surface area contributed by atoms with E-state index in [4.69, 9.17) is 0 Å². The molecule has 0 bridgehead atoms. The maximum absolute atomic E-state index is 2.42. The van der Waals surface area contributed by atoms with Crippen molar-refractivity contribution in [2.24, 2.45) is 5.92 Å². The van der Waals surface area contributed by atoms with E-state index in [0.29, 0.717) is 0 Å². The molecule has 0 aliphatic carbocycles. The second-order valence-electron chi connectivity index (χ2n) is 6.05. The number of allylic oxidation sites excluding steroid dienone is 2. The van der Waals surface area contributed by atoms with Crippen LogP contribution in [-0.2, 0) is 0 Å². The van der Waals surface area contributed by atoms with Gasteiger partial charge in [-0.3, -0.25) is 0 Å². The predicted octanol–water partition coefficient (Wildman–Crippen LogP) is 7.29. The van der Waals surface area contributed by atoms with E-state index in [1.165, 1.54) is 83.5 Å². The first-order chi connectivity index (χ1) is 9.35. The van der Waals surface area contributed by atoms with Crippen molar-refractivity contribution in [1.82, 2.24) is 0 Å². The Kier molecular flexibility index (Phi) is 15.6. The van der Waals surface area contributed by atoms with Crippen LogP contribution in [0.15, 0.2) is 12.2 Å². The van der Waals surface area contributed by atoms with E-state index in [-0.39, 0.29) is 0 Å². The predicted molar refractivity (Wildman–Crippen MR) is 89.7 cm³/mol. The summed E-state index contributed by atoms with van der Waals surface area (Å²) >= 11 is 0. The molecule has 0 aromatic heterocycles. The maximum atomic E-state index is 2.42. The molecule has 1 unspecified atom stereocenters. The molecule has 0 aliphatic heterocycles. The van der Waals surface area contributed by atoms with E-state index in [0.717, 1.165) is 5.92 Å². The molecule has 0 nitrogen and oxygen atoms in total. The molecule has 0 aromatic rings. The highest BCUT2D eigenvalue weighted by molar-refractivity contribution is 4.81. The zero-order valence-corrected chi connectivity index (χ0v) is 13.9. The SMILES string of the molecule is CCCCCC=CCCCC(CCC)CCCCC. The molecule has 0 saturated carbocycles. The van der Waals surface area contributed by atoms with Crippen LogP contribution in [0.5, 0.6) is 0 Å². The van der Waals surface area contributed by atoms with E-state index in [9.17, 15) is 0 Å². The summed E-state index contributed by atoms with van der Waals surface area (Å²) in [7, 11) is 0. The quantitative estimate of drug-likeness (QED) is 0.229. The van der Waals surface area contributed by atoms with Crippen LogP contribution in [0, 0.1) is 5.92 Å². The van der Waals surface area contributed by atoms with Gasteiger partial charge in [-0.25, -0.2) is 0 Å². The van der Waals surface area contributed by atoms with Crippen molar-refractivity contribution < 1.29 is 0 Å². The van der Waals surface area contributed by atoms with Gasteiger partial charge >= 0.3 is 0 Å². The van der Waals surface area contributed by atoms with Crippen molar-refractivity contribution in [3.05, 3.63) is 12.2 Å². The van der Waals surface area contributed by atoms with Gasteiger partial charge in [0, 0.05) is 0 Å². The smallest absolute Gasteiger partial charge is 0.0351 e. The molecule has 0 fully saturated rings. The Labute approximate surface area is 123 Å². The van der Waals surface area contributed by atoms with Gasteiger partial charge in [0.15, 0.2) is 0 Å². The van der Waals surface area contributed by atoms with E-state index >= 15 is 0 Å². The molecule has 19 heavy (non-hydrogen) atoms. The molecule has 0 aromatic carbocycles. The Morgan fingerprint density at radius 2 is 1.16 bits per heavy atom. The lowest BCUT2D eigenvalue weighted by molar-refractivity contribution is 0.389. The van der Waals surface area contributed by atoms with Gasteiger partial charge in [-0.2, -0.15) is 0 Å². The van der Waals surface area contributed by atoms with Crippen molar-refractivity contribution >= 4 is 0 Å². The van der Waals surface area contributed by atoms with Crippen molar-refractivity contribution in [1.29, 1.82) is 0 Å². The second kappa shape index (κ2) is 15.8. The summed E-state index contributed by atoms with van der Waals surface area (Å²) in [4.78, 5) is 0. The van der Waals surface area contributed by atoms with Crippen molar-refractivity contribution in [2.75, 3.05) is 0 Å². The van der Waals surface area contributed by atoms with Gasteiger partial charge < -0.3 is 0 Å². The highest BCUT2D eigenvalue weighted by Crippen LogP contribution is 2.21. The first-order valence-corrected chi connectivity index (χ1v) is 9.00. The Bertz CT molecular complexity index is 180. The Morgan fingerprint density at radius 3 is 1.79 bits per heavy atom. The van der Waals surface area contributed by atoms with Crippen molar-refractivity contribution in [3.63, 3.8) is 0 Å². The molecule has 0 heteroatoms. The van der Waals surface area contributed by atoms with Crippen LogP contribution in [-0.4, -0.2) is 0 Å². The molecule has 0 N–H and O–H groups in total. The lowest BCUT2D eigenvalue weighted by atomic mass is 9.91. The third-order valence-electron chi connectivity index (χ3n) is 4.04. The van der Waals surface area contributed by atoms with Crippen LogP contribution in [0.25, 0.3) is 0 Å². The molecule has 0 radical (unpaired) electrons. The van der Waals surface area contributed by atoms with Gasteiger partial charge in [-0.15, -0.1) is 0 Å². The van der Waals surface area contributed by atoms with E-state index in [1.807, 2.05) is 0 Å². The van der Waals surface area contributed by atoms with Gasteiger partial charge in [0.05, 0.1) is 0 Å². The molecule has 0 saturated heterocycles. The van der Waals surface area contributed by atoms with E-state index in [1.54, 1.807) is 0 Å². The first kappa shape index (κ1) is 18.7. The summed E-state index contributed by atoms with van der Waals surface area (Å²) in [5, 5.41) is 0. The van der Waals surface area contributed by atoms with Crippen LogP contribution < -0.4 is 0 Å². The number of hydrogen-bond donors (Lipinski definition) is 0. The molecule has 0 amide bonds. The Balaban J connectivity index is 3.51. The summed E-state index contributed by atoms with van der Waals surface area (Å²) < 4.78 is 0. The van der Waals surface area contributed by atoms with Crippen molar-refractivity contribution in [2.45, 2.75) is 104 Å². The first-order valence-electron chi connectivity index (χ1n) is 9.00. The van der Waals surface area contributed by atoms with Crippen LogP contribution in [0.4, 0.5) is 0 Å². The summed E-state index contributed by atoms with van der Waals surface area (Å²) in [5.41, 5.74) is 0. The molecule has 0 rings (SSSR count). The lowest BCUT2D eigenvalue weighted by Gasteiger charge is -2.15. The normalized spacial score (nSPS) is 13.2. The highest BCUT2D eigenvalue weighted by Gasteiger charge is 2.06. The highest BCUT2D eigenvalue weighted by atomic mass is 14.1. The fraction of sp³-hybridized carbons (Fsp3) is 0.895. The molecule has 0 spiro atoms. The Morgan fingerprint density at radius 1 is 0.579 bits per heavy atom. The van der Waals surface area contributed by atoms with Crippen LogP contribution in [0.1, 0.15) is 104 Å². The van der Waals surface area contributed by atoms with Crippen molar-refractivity contribution in [3.8, 4) is 0 Å². The average Bonchev–Trinajstić information content (AvgIpc) is 2.42. The molecule has 1 atom stereocenters. The molecular weight excluding hydrogens is 228 g/mol. The minimum atomic E-state index is 1.00. The molecular formula is C19H38. The Hall–Kier alpha value is -0.260. The minimum Gasteiger partial charge on any atom is -0.0885 e. The molecule has 114 valence electrons. The monoisotopic (exact) mass is 266 g/mol. The third kappa shape index (κ3) is 14.0. The van der Waals surface area contributed by atoms with Gasteiger partial charge in [-0.1, -0.05) is 90.7 Å². The summed E-state index contributed by atoms with van der Waals surface area (Å²) in [5.74, 6) is 1.00. The van der Waals surface area contributed by atoms with Crippen LogP contribution in [0.3, 0.4) is 0 Å². The number of unbranched alkanes of at least 4 members (excludes halogenated alkanes) is 6.